The molecule has 0 spiro atoms. The summed E-state index contributed by atoms with van der Waals surface area (Å²) in [6, 6.07) is 8.64. The summed E-state index contributed by atoms with van der Waals surface area (Å²) in [7, 11) is -2.47. The Labute approximate surface area is 188 Å². The Bertz CT molecular complexity index is 1290. The maximum absolute atomic E-state index is 12.9. The molecule has 0 aliphatic rings. The lowest BCUT2D eigenvalue weighted by Gasteiger charge is -2.13. The van der Waals surface area contributed by atoms with E-state index in [1.807, 2.05) is 13.8 Å². The van der Waals surface area contributed by atoms with Gasteiger partial charge in [0.25, 0.3) is 15.9 Å². The Morgan fingerprint density at radius 2 is 1.87 bits per heavy atom. The topological polar surface area (TPSA) is 130 Å². The second-order valence-electron chi connectivity index (χ2n) is 7.03. The zero-order valence-electron chi connectivity index (χ0n) is 16.9. The Morgan fingerprint density at radius 1 is 1.16 bits per heavy atom. The summed E-state index contributed by atoms with van der Waals surface area (Å²) in [6.07, 6.45) is 0. The molecule has 0 radical (unpaired) electrons. The highest BCUT2D eigenvalue weighted by Gasteiger charge is 2.23. The molecule has 3 aromatic rings. The molecule has 0 aliphatic carbocycles. The molecule has 5 N–H and O–H groups in total. The molecule has 0 unspecified atom stereocenters. The number of hydrogen-bond acceptors (Lipinski definition) is 5. The standard InChI is InChI=1S/C20H21ClN4O4S2/c1-10(2)14-8-12(25-31(28,29)13-6-4-5-11(21)7-13)9-15-16(18(22)26)19(30-17(14)15)24-20(27)23-3/h4-10,25H,1-3H3,(H2,22,26)(H2,23,24,27). The third kappa shape index (κ3) is 4.76. The van der Waals surface area contributed by atoms with Gasteiger partial charge in [0.15, 0.2) is 0 Å². The number of carbonyl (C=O) groups excluding carboxylic acids is 2. The van der Waals surface area contributed by atoms with Crippen LogP contribution < -0.4 is 21.1 Å². The Morgan fingerprint density at radius 3 is 2.45 bits per heavy atom. The van der Waals surface area contributed by atoms with E-state index in [2.05, 4.69) is 15.4 Å². The van der Waals surface area contributed by atoms with Gasteiger partial charge in [0, 0.05) is 27.8 Å². The number of thiophene rings is 1. The second-order valence-corrected chi connectivity index (χ2v) is 10.2. The minimum atomic E-state index is -3.92. The highest BCUT2D eigenvalue weighted by atomic mass is 35.5. The number of amides is 3. The summed E-state index contributed by atoms with van der Waals surface area (Å²) in [5.41, 5.74) is 6.79. The van der Waals surface area contributed by atoms with Crippen molar-refractivity contribution in [2.75, 3.05) is 17.1 Å². The molecule has 2 aromatic carbocycles. The van der Waals surface area contributed by atoms with Crippen molar-refractivity contribution in [3.05, 3.63) is 52.5 Å². The van der Waals surface area contributed by atoms with Gasteiger partial charge in [0.1, 0.15) is 5.00 Å². The summed E-state index contributed by atoms with van der Waals surface area (Å²) in [4.78, 5) is 24.0. The molecule has 8 nitrogen and oxygen atoms in total. The van der Waals surface area contributed by atoms with E-state index in [-0.39, 0.29) is 22.1 Å². The molecule has 3 rings (SSSR count). The van der Waals surface area contributed by atoms with E-state index in [4.69, 9.17) is 17.3 Å². The van der Waals surface area contributed by atoms with Gasteiger partial charge < -0.3 is 11.1 Å². The number of carbonyl (C=O) groups is 2. The summed E-state index contributed by atoms with van der Waals surface area (Å²) in [6.45, 7) is 3.89. The predicted octanol–water partition coefficient (Wildman–Crippen LogP) is 4.33. The first-order chi connectivity index (χ1) is 14.5. The fraction of sp³-hybridized carbons (Fsp3) is 0.200. The number of rotatable bonds is 6. The molecule has 1 heterocycles. The van der Waals surface area contributed by atoms with Crippen molar-refractivity contribution < 1.29 is 18.0 Å². The lowest BCUT2D eigenvalue weighted by atomic mass is 9.99. The van der Waals surface area contributed by atoms with E-state index >= 15 is 0 Å². The van der Waals surface area contributed by atoms with Crippen LogP contribution in [-0.2, 0) is 10.0 Å². The van der Waals surface area contributed by atoms with Crippen molar-refractivity contribution in [2.45, 2.75) is 24.7 Å². The third-order valence-corrected chi connectivity index (χ3v) is 7.28. The Balaban J connectivity index is 2.18. The van der Waals surface area contributed by atoms with Crippen LogP contribution in [0.2, 0.25) is 5.02 Å². The molecule has 0 atom stereocenters. The first-order valence-electron chi connectivity index (χ1n) is 9.21. The number of benzene rings is 2. The van der Waals surface area contributed by atoms with Gasteiger partial charge in [-0.25, -0.2) is 13.2 Å². The minimum Gasteiger partial charge on any atom is -0.365 e. The van der Waals surface area contributed by atoms with Gasteiger partial charge in [0.2, 0.25) is 0 Å². The molecule has 31 heavy (non-hydrogen) atoms. The zero-order chi connectivity index (χ0) is 22.9. The zero-order valence-corrected chi connectivity index (χ0v) is 19.3. The molecule has 0 bridgehead atoms. The highest BCUT2D eigenvalue weighted by molar-refractivity contribution is 7.92. The fourth-order valence-electron chi connectivity index (χ4n) is 3.06. The van der Waals surface area contributed by atoms with Crippen molar-refractivity contribution in [2.24, 2.45) is 5.73 Å². The van der Waals surface area contributed by atoms with E-state index < -0.39 is 22.0 Å². The molecule has 164 valence electrons. The molecule has 0 fully saturated rings. The number of nitrogens with two attached hydrogens (primary N) is 1. The van der Waals surface area contributed by atoms with E-state index in [1.54, 1.807) is 18.2 Å². The summed E-state index contributed by atoms with van der Waals surface area (Å²) < 4.78 is 29.0. The van der Waals surface area contributed by atoms with Gasteiger partial charge in [-0.15, -0.1) is 11.3 Å². The largest absolute Gasteiger partial charge is 0.365 e. The summed E-state index contributed by atoms with van der Waals surface area (Å²) >= 11 is 7.14. The minimum absolute atomic E-state index is 0.00496. The lowest BCUT2D eigenvalue weighted by molar-refractivity contribution is 0.100. The number of hydrogen-bond donors (Lipinski definition) is 4. The van der Waals surface area contributed by atoms with Crippen LogP contribution in [-0.4, -0.2) is 27.4 Å². The van der Waals surface area contributed by atoms with Gasteiger partial charge in [-0.05, 0) is 41.8 Å². The average Bonchev–Trinajstić information content (AvgIpc) is 3.04. The van der Waals surface area contributed by atoms with Crippen molar-refractivity contribution in [1.29, 1.82) is 0 Å². The number of primary amides is 1. The van der Waals surface area contributed by atoms with Crippen LogP contribution >= 0.6 is 22.9 Å². The number of urea groups is 1. The van der Waals surface area contributed by atoms with Crippen molar-refractivity contribution in [3.63, 3.8) is 0 Å². The SMILES string of the molecule is CNC(=O)Nc1sc2c(C(C)C)cc(NS(=O)(=O)c3cccc(Cl)c3)cc2c1C(N)=O. The van der Waals surface area contributed by atoms with E-state index in [1.165, 1.54) is 36.6 Å². The molecule has 0 saturated carbocycles. The van der Waals surface area contributed by atoms with Crippen LogP contribution in [0.5, 0.6) is 0 Å². The summed E-state index contributed by atoms with van der Waals surface area (Å²) in [5, 5.41) is 6.08. The van der Waals surface area contributed by atoms with Crippen LogP contribution in [0.15, 0.2) is 41.3 Å². The summed E-state index contributed by atoms with van der Waals surface area (Å²) in [5.74, 6) is -0.729. The van der Waals surface area contributed by atoms with Gasteiger partial charge in [0.05, 0.1) is 10.5 Å². The lowest BCUT2D eigenvalue weighted by Crippen LogP contribution is -2.25. The first kappa shape index (κ1) is 22.9. The molecule has 11 heteroatoms. The normalized spacial score (nSPS) is 11.5. The molecule has 3 amide bonds. The number of halogens is 1. The number of sulfonamides is 1. The van der Waals surface area contributed by atoms with E-state index in [0.29, 0.717) is 15.4 Å². The maximum atomic E-state index is 12.9. The third-order valence-electron chi connectivity index (χ3n) is 4.50. The molecule has 0 saturated heterocycles. The van der Waals surface area contributed by atoms with Crippen LogP contribution in [0.25, 0.3) is 10.1 Å². The quantitative estimate of drug-likeness (QED) is 0.418. The molecule has 1 aromatic heterocycles. The smallest absolute Gasteiger partial charge is 0.319 e. The van der Waals surface area contributed by atoms with Crippen molar-refractivity contribution in [1.82, 2.24) is 5.32 Å². The molecular weight excluding hydrogens is 460 g/mol. The van der Waals surface area contributed by atoms with Crippen LogP contribution in [0.4, 0.5) is 15.5 Å². The van der Waals surface area contributed by atoms with Crippen LogP contribution in [0.1, 0.15) is 35.7 Å². The maximum Gasteiger partial charge on any atom is 0.319 e. The number of nitrogens with one attached hydrogen (secondary N) is 3. The Kier molecular flexibility index (Phi) is 6.44. The van der Waals surface area contributed by atoms with Gasteiger partial charge >= 0.3 is 6.03 Å². The molecular formula is C20H21ClN4O4S2. The van der Waals surface area contributed by atoms with E-state index in [0.717, 1.165) is 10.3 Å². The van der Waals surface area contributed by atoms with Crippen molar-refractivity contribution in [3.8, 4) is 0 Å². The first-order valence-corrected chi connectivity index (χ1v) is 11.9. The number of anilines is 2. The molecule has 0 aliphatic heterocycles. The average molecular weight is 481 g/mol. The second kappa shape index (κ2) is 8.74. The van der Waals surface area contributed by atoms with Crippen LogP contribution in [0, 0.1) is 0 Å². The number of fused-ring (bicyclic) bond motifs is 1. The predicted molar refractivity (Wildman–Crippen MR) is 125 cm³/mol. The van der Waals surface area contributed by atoms with Gasteiger partial charge in [-0.3, -0.25) is 14.8 Å². The highest BCUT2D eigenvalue weighted by Crippen LogP contribution is 2.42. The monoisotopic (exact) mass is 480 g/mol. The fourth-order valence-corrected chi connectivity index (χ4v) is 5.75. The van der Waals surface area contributed by atoms with Crippen LogP contribution in [0.3, 0.4) is 0 Å². The Hall–Kier alpha value is -2.82. The van der Waals surface area contributed by atoms with Crippen molar-refractivity contribution >= 4 is 65.7 Å². The van der Waals surface area contributed by atoms with Gasteiger partial charge in [-0.1, -0.05) is 31.5 Å². The van der Waals surface area contributed by atoms with E-state index in [9.17, 15) is 18.0 Å². The van der Waals surface area contributed by atoms with Gasteiger partial charge in [-0.2, -0.15) is 0 Å².